The lowest BCUT2D eigenvalue weighted by atomic mass is 10.1. The predicted molar refractivity (Wildman–Crippen MR) is 99.1 cm³/mol. The van der Waals surface area contributed by atoms with Gasteiger partial charge in [0.1, 0.15) is 22.9 Å². The summed E-state index contributed by atoms with van der Waals surface area (Å²) in [6, 6.07) is 9.53. The smallest absolute Gasteiger partial charge is 0.269 e. The van der Waals surface area contributed by atoms with Crippen molar-refractivity contribution in [1.82, 2.24) is 25.7 Å². The van der Waals surface area contributed by atoms with Gasteiger partial charge in [-0.25, -0.2) is 14.4 Å². The van der Waals surface area contributed by atoms with Gasteiger partial charge in [0.2, 0.25) is 0 Å². The fourth-order valence-corrected chi connectivity index (χ4v) is 3.45. The summed E-state index contributed by atoms with van der Waals surface area (Å²) in [4.78, 5) is 22.0. The van der Waals surface area contributed by atoms with E-state index >= 15 is 0 Å². The second-order valence-electron chi connectivity index (χ2n) is 5.82. The second kappa shape index (κ2) is 7.28. The van der Waals surface area contributed by atoms with Gasteiger partial charge in [-0.15, -0.1) is 5.10 Å². The zero-order chi connectivity index (χ0) is 18.8. The Morgan fingerprint density at radius 3 is 2.96 bits per heavy atom. The molecule has 2 N–H and O–H groups in total. The first-order valence-corrected chi connectivity index (χ1v) is 9.20. The van der Waals surface area contributed by atoms with E-state index in [1.54, 1.807) is 24.3 Å². The van der Waals surface area contributed by atoms with E-state index in [-0.39, 0.29) is 17.4 Å². The van der Waals surface area contributed by atoms with Gasteiger partial charge in [0.15, 0.2) is 10.8 Å². The molecule has 0 spiro atoms. The number of carbonyl (C=O) groups excluding carboxylic acids is 1. The van der Waals surface area contributed by atoms with E-state index in [2.05, 4.69) is 30.7 Å². The number of carbonyl (C=O) groups is 1. The summed E-state index contributed by atoms with van der Waals surface area (Å²) in [6.45, 7) is 2.55. The highest BCUT2D eigenvalue weighted by molar-refractivity contribution is 7.99. The third kappa shape index (κ3) is 3.45. The summed E-state index contributed by atoms with van der Waals surface area (Å²) in [5.41, 5.74) is 1.80. The van der Waals surface area contributed by atoms with E-state index in [1.807, 2.05) is 6.92 Å². The van der Waals surface area contributed by atoms with Crippen molar-refractivity contribution in [3.63, 3.8) is 0 Å². The number of rotatable bonds is 4. The molecule has 1 aliphatic heterocycles. The van der Waals surface area contributed by atoms with Crippen LogP contribution >= 0.6 is 11.8 Å². The third-order valence-corrected chi connectivity index (χ3v) is 4.89. The standard InChI is InChI=1S/C18H15FN6OS/c1-2-8-20-17(26)12-6-7-13-16(21-12)22-14(10-4-3-5-11(19)9-10)15-18(27-13)24-25-23-15/h3-7,9H,2,8H2,1H3,(H,20,26)(H,23,24,25). The normalized spacial score (nSPS) is 12.6. The molecule has 0 saturated heterocycles. The summed E-state index contributed by atoms with van der Waals surface area (Å²) < 4.78 is 13.7. The maximum atomic E-state index is 13.7. The summed E-state index contributed by atoms with van der Waals surface area (Å²) >= 11 is 1.34. The molecule has 136 valence electrons. The number of nitrogens with zero attached hydrogens (tertiary/aromatic N) is 4. The Morgan fingerprint density at radius 2 is 2.15 bits per heavy atom. The third-order valence-electron chi connectivity index (χ3n) is 3.87. The molecule has 1 aliphatic rings. The molecular formula is C18H15FN6OS. The molecule has 1 aromatic carbocycles. The maximum Gasteiger partial charge on any atom is 0.269 e. The monoisotopic (exact) mass is 382 g/mol. The van der Waals surface area contributed by atoms with Gasteiger partial charge in [-0.1, -0.05) is 30.8 Å². The van der Waals surface area contributed by atoms with Crippen LogP contribution in [0.5, 0.6) is 0 Å². The number of aromatic nitrogens is 4. The van der Waals surface area contributed by atoms with Crippen molar-refractivity contribution in [2.45, 2.75) is 23.3 Å². The molecule has 3 aromatic rings. The molecule has 27 heavy (non-hydrogen) atoms. The molecule has 0 unspecified atom stereocenters. The van der Waals surface area contributed by atoms with Gasteiger partial charge in [-0.05, 0) is 30.7 Å². The number of aromatic amines is 1. The highest BCUT2D eigenvalue weighted by Crippen LogP contribution is 2.38. The minimum absolute atomic E-state index is 0.257. The molecule has 0 radical (unpaired) electrons. The number of benzene rings is 1. The Labute approximate surface area is 158 Å². The van der Waals surface area contributed by atoms with Gasteiger partial charge >= 0.3 is 0 Å². The average Bonchev–Trinajstić information content (AvgIpc) is 3.06. The largest absolute Gasteiger partial charge is 0.351 e. The van der Waals surface area contributed by atoms with Crippen LogP contribution in [0.25, 0.3) is 0 Å². The molecule has 0 bridgehead atoms. The minimum atomic E-state index is -0.377. The highest BCUT2D eigenvalue weighted by Gasteiger charge is 2.24. The van der Waals surface area contributed by atoms with E-state index in [4.69, 9.17) is 0 Å². The summed E-state index contributed by atoms with van der Waals surface area (Å²) in [5.74, 6) is -0.255. The number of H-pyrrole nitrogens is 1. The van der Waals surface area contributed by atoms with Crippen molar-refractivity contribution in [3.05, 3.63) is 59.2 Å². The van der Waals surface area contributed by atoms with Crippen LogP contribution in [0, 0.1) is 5.82 Å². The summed E-state index contributed by atoms with van der Waals surface area (Å²) in [5, 5.41) is 14.3. The van der Waals surface area contributed by atoms with Crippen LogP contribution in [-0.2, 0) is 0 Å². The van der Waals surface area contributed by atoms with Gasteiger partial charge in [0.25, 0.3) is 5.91 Å². The first kappa shape index (κ1) is 17.3. The van der Waals surface area contributed by atoms with Crippen molar-refractivity contribution < 1.29 is 9.18 Å². The van der Waals surface area contributed by atoms with Gasteiger partial charge in [0.05, 0.1) is 4.90 Å². The Hall–Kier alpha value is -3.07. The number of pyridine rings is 1. The molecule has 0 fully saturated rings. The van der Waals surface area contributed by atoms with Crippen LogP contribution in [0.2, 0.25) is 0 Å². The fourth-order valence-electron chi connectivity index (χ4n) is 2.60. The lowest BCUT2D eigenvalue weighted by Gasteiger charge is -2.06. The van der Waals surface area contributed by atoms with Crippen LogP contribution in [0.1, 0.15) is 35.1 Å². The number of fused-ring (bicyclic) bond motifs is 2. The topological polar surface area (TPSA) is 95.9 Å². The molecule has 0 atom stereocenters. The molecule has 0 saturated carbocycles. The van der Waals surface area contributed by atoms with E-state index < -0.39 is 0 Å². The van der Waals surface area contributed by atoms with Crippen molar-refractivity contribution in [1.29, 1.82) is 0 Å². The summed E-state index contributed by atoms with van der Waals surface area (Å²) in [6.07, 6.45) is 0.834. The Balaban J connectivity index is 1.82. The van der Waals surface area contributed by atoms with Crippen LogP contribution in [-0.4, -0.2) is 38.6 Å². The SMILES string of the molecule is CCCNC(=O)c1ccc2c(n1)N=C(c1cccc(F)c1)c1n[nH]nc1S2. The Morgan fingerprint density at radius 1 is 1.26 bits per heavy atom. The number of halogens is 1. The lowest BCUT2D eigenvalue weighted by molar-refractivity contribution is 0.0948. The maximum absolute atomic E-state index is 13.7. The molecule has 2 aromatic heterocycles. The van der Waals surface area contributed by atoms with Gasteiger partial charge in [-0.3, -0.25) is 4.79 Å². The number of aliphatic imine (C=N–C) groups is 1. The number of nitrogens with one attached hydrogen (secondary N) is 2. The van der Waals surface area contributed by atoms with Crippen molar-refractivity contribution in [2.75, 3.05) is 6.54 Å². The van der Waals surface area contributed by atoms with Crippen LogP contribution < -0.4 is 5.32 Å². The van der Waals surface area contributed by atoms with E-state index in [0.29, 0.717) is 34.4 Å². The molecular weight excluding hydrogens is 367 g/mol. The van der Waals surface area contributed by atoms with Gasteiger partial charge in [0, 0.05) is 12.1 Å². The zero-order valence-corrected chi connectivity index (χ0v) is 15.2. The van der Waals surface area contributed by atoms with Crippen LogP contribution in [0.15, 0.2) is 51.3 Å². The fraction of sp³-hybridized carbons (Fsp3) is 0.167. The Bertz CT molecular complexity index is 1050. The highest BCUT2D eigenvalue weighted by atomic mass is 32.2. The zero-order valence-electron chi connectivity index (χ0n) is 14.4. The van der Waals surface area contributed by atoms with Gasteiger partial charge in [-0.2, -0.15) is 10.3 Å². The summed E-state index contributed by atoms with van der Waals surface area (Å²) in [7, 11) is 0. The number of hydrogen-bond donors (Lipinski definition) is 2. The number of amides is 1. The molecule has 1 amide bonds. The quantitative estimate of drug-likeness (QED) is 0.565. The molecule has 0 aliphatic carbocycles. The molecule has 4 rings (SSSR count). The van der Waals surface area contributed by atoms with E-state index in [0.717, 1.165) is 11.3 Å². The van der Waals surface area contributed by atoms with Crippen LogP contribution in [0.3, 0.4) is 0 Å². The molecule has 3 heterocycles. The van der Waals surface area contributed by atoms with Gasteiger partial charge < -0.3 is 5.32 Å². The first-order valence-electron chi connectivity index (χ1n) is 8.38. The number of hydrogen-bond acceptors (Lipinski definition) is 6. The van der Waals surface area contributed by atoms with E-state index in [1.165, 1.54) is 23.9 Å². The minimum Gasteiger partial charge on any atom is -0.351 e. The van der Waals surface area contributed by atoms with Crippen molar-refractivity contribution in [3.8, 4) is 0 Å². The molecule has 9 heteroatoms. The average molecular weight is 382 g/mol. The first-order chi connectivity index (χ1) is 13.2. The van der Waals surface area contributed by atoms with Crippen molar-refractivity contribution >= 4 is 29.2 Å². The predicted octanol–water partition coefficient (Wildman–Crippen LogP) is 3.11. The van der Waals surface area contributed by atoms with Crippen LogP contribution in [0.4, 0.5) is 10.2 Å². The second-order valence-corrected chi connectivity index (χ2v) is 6.85. The molecule has 7 nitrogen and oxygen atoms in total. The van der Waals surface area contributed by atoms with Crippen molar-refractivity contribution in [2.24, 2.45) is 4.99 Å². The van der Waals surface area contributed by atoms with E-state index in [9.17, 15) is 9.18 Å². The Kier molecular flexibility index (Phi) is 4.68. The lowest BCUT2D eigenvalue weighted by Crippen LogP contribution is -2.24.